The summed E-state index contributed by atoms with van der Waals surface area (Å²) in [5, 5.41) is 3.28. The van der Waals surface area contributed by atoms with Crippen molar-refractivity contribution >= 4 is 31.2 Å². The zero-order valence-electron chi connectivity index (χ0n) is 16.1. The fourth-order valence-corrected chi connectivity index (χ4v) is 8.33. The van der Waals surface area contributed by atoms with Gasteiger partial charge in [0.15, 0.2) is 0 Å². The molecule has 27 heavy (non-hydrogen) atoms. The Labute approximate surface area is 166 Å². The number of carbonyl (C=O) groups excluding carboxylic acids is 2. The molecule has 0 radical (unpaired) electrons. The molecular weight excluding hydrogens is 407 g/mol. The zero-order valence-corrected chi connectivity index (χ0v) is 17.8. The first-order valence-electron chi connectivity index (χ1n) is 9.81. The van der Waals surface area contributed by atoms with Gasteiger partial charge in [0.2, 0.25) is 0 Å². The predicted molar refractivity (Wildman–Crippen MR) is 102 cm³/mol. The molecule has 2 bridgehead atoms. The number of benzene rings is 1. The number of likely N-dealkylation sites (N-methyl/N-ethyl adjacent to an activating group) is 1. The summed E-state index contributed by atoms with van der Waals surface area (Å²) in [7, 11) is 1.59. The molecule has 4 aliphatic rings. The van der Waals surface area contributed by atoms with Crippen LogP contribution in [0.1, 0.15) is 33.1 Å². The minimum absolute atomic E-state index is 0.0576. The molecule has 1 saturated carbocycles. The first-order chi connectivity index (χ1) is 12.9. The summed E-state index contributed by atoms with van der Waals surface area (Å²) in [5.41, 5.74) is -0.176. The predicted octanol–water partition coefficient (Wildman–Crippen LogP) is 1.61. The van der Waals surface area contributed by atoms with E-state index in [1.54, 1.807) is 7.05 Å². The second-order valence-electron chi connectivity index (χ2n) is 9.03. The van der Waals surface area contributed by atoms with Crippen molar-refractivity contribution in [2.45, 2.75) is 56.1 Å². The number of hydrogen-bond donors (Lipinski definition) is 0. The van der Waals surface area contributed by atoms with Crippen LogP contribution in [0.5, 0.6) is 0 Å². The van der Waals surface area contributed by atoms with E-state index in [1.807, 2.05) is 0 Å². The summed E-state index contributed by atoms with van der Waals surface area (Å²) in [6, 6.07) is 11.0. The van der Waals surface area contributed by atoms with E-state index in [0.29, 0.717) is 26.9 Å². The van der Waals surface area contributed by atoms with Crippen LogP contribution >= 0.6 is 0 Å². The number of fused-ring (bicyclic) bond motifs is 7. The van der Waals surface area contributed by atoms with E-state index in [4.69, 9.17) is 4.84 Å². The fraction of sp³-hybridized carbons (Fsp3) is 0.619. The summed E-state index contributed by atoms with van der Waals surface area (Å²) < 4.78 is 1.43. The third-order valence-corrected chi connectivity index (χ3v) is 10.6. The number of hydroxylamine groups is 2. The third-order valence-electron chi connectivity index (χ3n) is 7.60. The van der Waals surface area contributed by atoms with E-state index < -0.39 is 6.10 Å². The Hall–Kier alpha value is -1.20. The monoisotopic (exact) mass is 434 g/mol. The van der Waals surface area contributed by atoms with Crippen molar-refractivity contribution in [1.82, 2.24) is 9.96 Å². The molecule has 2 amide bonds. The van der Waals surface area contributed by atoms with E-state index in [0.717, 1.165) is 18.2 Å². The Morgan fingerprint density at radius 3 is 2.67 bits per heavy atom. The summed E-state index contributed by atoms with van der Waals surface area (Å²) in [4.78, 5) is 32.9. The van der Waals surface area contributed by atoms with Gasteiger partial charge in [-0.3, -0.25) is 0 Å². The topological polar surface area (TPSA) is 49.9 Å². The number of carbonyl (C=O) groups is 2. The van der Waals surface area contributed by atoms with Gasteiger partial charge in [-0.2, -0.15) is 0 Å². The molecule has 1 aromatic rings. The summed E-state index contributed by atoms with van der Waals surface area (Å²) in [5.74, 6) is -0.142. The molecule has 6 heteroatoms. The molecule has 3 aliphatic heterocycles. The van der Waals surface area contributed by atoms with Crippen LogP contribution in [0.15, 0.2) is 30.3 Å². The van der Waals surface area contributed by atoms with Gasteiger partial charge in [-0.25, -0.2) is 0 Å². The fourth-order valence-electron chi connectivity index (χ4n) is 5.84. The maximum absolute atomic E-state index is 12.8. The molecule has 6 atom stereocenters. The van der Waals surface area contributed by atoms with Crippen LogP contribution in [-0.2, 0) is 14.4 Å². The molecule has 1 aromatic carbocycles. The summed E-state index contributed by atoms with van der Waals surface area (Å²) in [6.45, 7) is 4.55. The molecule has 0 unspecified atom stereocenters. The molecule has 144 valence electrons. The Balaban J connectivity index is 1.43. The van der Waals surface area contributed by atoms with Gasteiger partial charge in [-0.1, -0.05) is 0 Å². The number of rotatable bonds is 3. The van der Waals surface area contributed by atoms with Crippen molar-refractivity contribution in [3.8, 4) is 0 Å². The van der Waals surface area contributed by atoms with Crippen LogP contribution in [-0.4, -0.2) is 61.5 Å². The average Bonchev–Trinajstić information content (AvgIpc) is 3.19. The van der Waals surface area contributed by atoms with Crippen LogP contribution < -0.4 is 4.46 Å². The van der Waals surface area contributed by atoms with Crippen molar-refractivity contribution in [3.05, 3.63) is 30.3 Å². The normalized spacial score (nSPS) is 43.3. The van der Waals surface area contributed by atoms with Crippen molar-refractivity contribution in [2.75, 3.05) is 7.05 Å². The Morgan fingerprint density at radius 1 is 1.19 bits per heavy atom. The SMILES string of the molecule is CN1C(=O)[C@@H]2[C@@H](ON3[C@@H]4C[C@@H](CC[C@]4(C)C[Se]c4ccccc4)[C@@]23C)C1=O. The number of hydrogen-bond acceptors (Lipinski definition) is 4. The van der Waals surface area contributed by atoms with Gasteiger partial charge in [0.1, 0.15) is 0 Å². The van der Waals surface area contributed by atoms with E-state index in [2.05, 4.69) is 49.2 Å². The quantitative estimate of drug-likeness (QED) is 0.537. The average molecular weight is 433 g/mol. The molecule has 0 spiro atoms. The van der Waals surface area contributed by atoms with Crippen LogP contribution in [0.3, 0.4) is 0 Å². The second kappa shape index (κ2) is 5.90. The Kier molecular flexibility index (Phi) is 3.90. The number of amides is 2. The summed E-state index contributed by atoms with van der Waals surface area (Å²) >= 11 is 0.420. The van der Waals surface area contributed by atoms with E-state index >= 15 is 0 Å². The van der Waals surface area contributed by atoms with Gasteiger partial charge in [0.25, 0.3) is 0 Å². The van der Waals surface area contributed by atoms with Crippen molar-refractivity contribution < 1.29 is 14.4 Å². The Morgan fingerprint density at radius 2 is 1.93 bits per heavy atom. The van der Waals surface area contributed by atoms with Crippen LogP contribution in [0, 0.1) is 17.3 Å². The van der Waals surface area contributed by atoms with Gasteiger partial charge >= 0.3 is 166 Å². The summed E-state index contributed by atoms with van der Waals surface area (Å²) in [6.07, 6.45) is 2.75. The van der Waals surface area contributed by atoms with E-state index in [9.17, 15) is 9.59 Å². The van der Waals surface area contributed by atoms with Gasteiger partial charge in [0.05, 0.1) is 0 Å². The zero-order chi connectivity index (χ0) is 19.0. The first kappa shape index (κ1) is 17.9. The third kappa shape index (κ3) is 2.30. The van der Waals surface area contributed by atoms with Gasteiger partial charge in [0, 0.05) is 0 Å². The number of likely N-dealkylation sites (tertiary alicyclic amines) is 1. The molecule has 5 nitrogen and oxygen atoms in total. The molecule has 1 aliphatic carbocycles. The molecule has 4 fully saturated rings. The van der Waals surface area contributed by atoms with Crippen molar-refractivity contribution in [2.24, 2.45) is 17.3 Å². The molecule has 3 saturated heterocycles. The molecule has 0 aromatic heterocycles. The second-order valence-corrected chi connectivity index (χ2v) is 11.2. The van der Waals surface area contributed by atoms with E-state index in [1.165, 1.54) is 15.8 Å². The maximum atomic E-state index is 12.8. The first-order valence-corrected chi connectivity index (χ1v) is 11.9. The number of nitrogens with zero attached hydrogens (tertiary/aromatic N) is 2. The molecule has 3 heterocycles. The Bertz CT molecular complexity index is 802. The van der Waals surface area contributed by atoms with E-state index in [-0.39, 0.29) is 28.7 Å². The number of imide groups is 1. The van der Waals surface area contributed by atoms with Crippen LogP contribution in [0.4, 0.5) is 0 Å². The molecular formula is C21H26N2O3Se. The van der Waals surface area contributed by atoms with Gasteiger partial charge in [-0.05, 0) is 0 Å². The van der Waals surface area contributed by atoms with Crippen molar-refractivity contribution in [3.63, 3.8) is 0 Å². The standard InChI is InChI=1S/C21H26N2O3Se/c1-20(12-27-14-7-5-4-6-8-14)10-9-13-11-15(20)23-21(13,2)16-17(26-23)19(25)22(3)18(16)24/h4-8,13,15-17H,9-12H2,1-3H3/t13-,15-,16+,17-,20-,21+/m1/s1. The van der Waals surface area contributed by atoms with Gasteiger partial charge < -0.3 is 0 Å². The molecule has 0 N–H and O–H groups in total. The van der Waals surface area contributed by atoms with Crippen molar-refractivity contribution in [1.29, 1.82) is 0 Å². The van der Waals surface area contributed by atoms with Crippen LogP contribution in [0.25, 0.3) is 0 Å². The van der Waals surface area contributed by atoms with Crippen LogP contribution in [0.2, 0.25) is 5.32 Å². The minimum atomic E-state index is -0.611. The molecule has 5 rings (SSSR count). The van der Waals surface area contributed by atoms with Gasteiger partial charge in [-0.15, -0.1) is 0 Å².